The second-order valence-corrected chi connectivity index (χ2v) is 24.6. The van der Waals surface area contributed by atoms with Gasteiger partial charge in [0.05, 0.1) is 83.4 Å². The summed E-state index contributed by atoms with van der Waals surface area (Å²) in [4.78, 5) is 104. The lowest BCUT2D eigenvalue weighted by Gasteiger charge is -2.34. The Morgan fingerprint density at radius 3 is 1.45 bits per heavy atom. The van der Waals surface area contributed by atoms with Crippen molar-refractivity contribution in [2.45, 2.75) is 73.5 Å². The Balaban J connectivity index is 0.000000204. The number of methoxy groups -OCH3 is 2. The van der Waals surface area contributed by atoms with E-state index in [1.54, 1.807) is 60.4 Å². The number of rotatable bonds is 14. The van der Waals surface area contributed by atoms with Crippen LogP contribution in [0.4, 0.5) is 11.4 Å². The monoisotopic (exact) mass is 1280 g/mol. The van der Waals surface area contributed by atoms with E-state index in [2.05, 4.69) is 15.2 Å². The molecule has 10 rings (SSSR count). The number of aliphatic imine (C=N–C) groups is 2. The molecule has 4 heterocycles. The summed E-state index contributed by atoms with van der Waals surface area (Å²) in [6.07, 6.45) is 0. The zero-order chi connectivity index (χ0) is 68.2. The second kappa shape index (κ2) is 30.4. The summed E-state index contributed by atoms with van der Waals surface area (Å²) in [5, 5.41) is 36.0. The number of carboxylic acid groups (broad SMARTS) is 1. The van der Waals surface area contributed by atoms with Crippen molar-refractivity contribution in [2.75, 3.05) is 79.7 Å². The maximum absolute atomic E-state index is 13.3. The molecule has 0 radical (unpaired) electrons. The third-order valence-electron chi connectivity index (χ3n) is 15.2. The number of aryl methyl sites for hydroxylation is 2. The molecular weight excluding hydrogens is 1200 g/mol. The van der Waals surface area contributed by atoms with E-state index in [0.717, 1.165) is 36.3 Å². The zero-order valence-electron chi connectivity index (χ0n) is 54.8. The van der Waals surface area contributed by atoms with Gasteiger partial charge in [0.2, 0.25) is 11.8 Å². The maximum Gasteiger partial charge on any atom is 0.338 e. The molecule has 94 heavy (non-hydrogen) atoms. The number of nitrogens with zero attached hydrogens (tertiary/aromatic N) is 6. The Morgan fingerprint density at radius 2 is 0.989 bits per heavy atom. The predicted octanol–water partition coefficient (Wildman–Crippen LogP) is 10.4. The molecule has 0 spiro atoms. The maximum atomic E-state index is 13.3. The highest BCUT2D eigenvalue weighted by atomic mass is 16.6. The number of fused-ring (bicyclic) bond motifs is 2. The summed E-state index contributed by atoms with van der Waals surface area (Å²) in [5.41, 5.74) is 6.88. The van der Waals surface area contributed by atoms with Gasteiger partial charge in [0.25, 0.3) is 5.91 Å². The first-order valence-corrected chi connectivity index (χ1v) is 30.6. The summed E-state index contributed by atoms with van der Waals surface area (Å²) in [5.74, 6) is -3.40. The molecule has 1 amide bonds. The number of nitrogens with one attached hydrogen (secondary N) is 2. The Labute approximate surface area is 545 Å². The molecule has 2 aliphatic heterocycles. The van der Waals surface area contributed by atoms with Crippen LogP contribution in [-0.4, -0.2) is 184 Å². The van der Waals surface area contributed by atoms with Crippen LogP contribution in [0.2, 0.25) is 0 Å². The highest BCUT2D eigenvalue weighted by Gasteiger charge is 2.29. The molecule has 6 aromatic carbocycles. The number of carboxylic acids is 1. The first kappa shape index (κ1) is 69.6. The lowest BCUT2D eigenvalue weighted by molar-refractivity contribution is -0.157. The van der Waals surface area contributed by atoms with Crippen molar-refractivity contribution >= 4 is 86.3 Å². The molecule has 0 unspecified atom stereocenters. The van der Waals surface area contributed by atoms with E-state index in [0.29, 0.717) is 116 Å². The highest BCUT2D eigenvalue weighted by Crippen LogP contribution is 2.38. The number of H-pyrrole nitrogens is 1. The van der Waals surface area contributed by atoms with Crippen LogP contribution in [-0.2, 0) is 28.5 Å². The topological polar surface area (TPSA) is 284 Å². The van der Waals surface area contributed by atoms with Gasteiger partial charge in [-0.3, -0.25) is 33.5 Å². The first-order valence-electron chi connectivity index (χ1n) is 30.6. The number of hydrogen-bond acceptors (Lipinski definition) is 18. The minimum absolute atomic E-state index is 0.0772. The Morgan fingerprint density at radius 1 is 0.543 bits per heavy atom. The van der Waals surface area contributed by atoms with E-state index < -0.39 is 29.4 Å². The van der Waals surface area contributed by atoms with Crippen LogP contribution in [0.3, 0.4) is 0 Å². The number of aromatic carboxylic acids is 1. The summed E-state index contributed by atoms with van der Waals surface area (Å²) < 4.78 is 21.6. The van der Waals surface area contributed by atoms with Crippen LogP contribution < -0.4 is 5.32 Å². The average Bonchev–Trinajstić information content (AvgIpc) is 1.60. The Kier molecular flexibility index (Phi) is 22.5. The van der Waals surface area contributed by atoms with Gasteiger partial charge in [0, 0.05) is 92.3 Å². The molecule has 492 valence electrons. The number of piperazine rings is 2. The van der Waals surface area contributed by atoms with E-state index in [-0.39, 0.29) is 52.9 Å². The van der Waals surface area contributed by atoms with E-state index >= 15 is 0 Å². The Bertz CT molecular complexity index is 4150. The molecule has 2 aromatic heterocycles. The van der Waals surface area contributed by atoms with Crippen molar-refractivity contribution in [3.8, 4) is 11.8 Å². The van der Waals surface area contributed by atoms with Gasteiger partial charge in [0.1, 0.15) is 11.2 Å². The third-order valence-corrected chi connectivity index (χ3v) is 15.2. The molecule has 0 atom stereocenters. The number of hydrogen-bond donors (Lipinski definition) is 5. The number of aromatic nitrogens is 2. The fourth-order valence-electron chi connectivity index (χ4n) is 10.8. The summed E-state index contributed by atoms with van der Waals surface area (Å²) >= 11 is 0. The largest absolute Gasteiger partial charge is 0.494 e. The van der Waals surface area contributed by atoms with Crippen molar-refractivity contribution in [2.24, 2.45) is 9.98 Å². The third kappa shape index (κ3) is 17.6. The fourth-order valence-corrected chi connectivity index (χ4v) is 10.8. The molecule has 2 aliphatic rings. The summed E-state index contributed by atoms with van der Waals surface area (Å²) in [7, 11) is 2.60. The van der Waals surface area contributed by atoms with Gasteiger partial charge in [0.15, 0.2) is 5.88 Å². The van der Waals surface area contributed by atoms with Gasteiger partial charge in [-0.2, -0.15) is 0 Å². The van der Waals surface area contributed by atoms with Crippen LogP contribution in [0.25, 0.3) is 21.8 Å². The van der Waals surface area contributed by atoms with Gasteiger partial charge >= 0.3 is 29.8 Å². The minimum Gasteiger partial charge on any atom is -0.494 e. The van der Waals surface area contributed by atoms with Gasteiger partial charge in [-0.05, 0) is 139 Å². The number of carbonyl (C=O) groups excluding carboxylic acids is 6. The van der Waals surface area contributed by atoms with Crippen molar-refractivity contribution < 1.29 is 67.8 Å². The van der Waals surface area contributed by atoms with E-state index in [1.807, 2.05) is 120 Å². The van der Waals surface area contributed by atoms with Crippen molar-refractivity contribution in [1.29, 1.82) is 0 Å². The molecule has 2 fully saturated rings. The SMILES string of the molecule is CC(C)(C)OC(=O)CN1CCNCC1.COC(=O)c1cc2[nH]c(O)c(C(=Nc3ccc(C(=O)N4CCN(CC(=O)OC(C)(C)C)CC4)cc3)c3ccccc3)c2cc1C.COC(=O)c1cc2c(cc1C)c(C(=Nc1ccc(C(=O)O)cc1)c1ccccc1)c(O)n2C(C)=O. The van der Waals surface area contributed by atoms with E-state index in [4.69, 9.17) is 28.9 Å². The van der Waals surface area contributed by atoms with Gasteiger partial charge < -0.3 is 49.5 Å². The lowest BCUT2D eigenvalue weighted by atomic mass is 9.98. The second-order valence-electron chi connectivity index (χ2n) is 24.6. The van der Waals surface area contributed by atoms with Crippen LogP contribution in [0, 0.1) is 13.8 Å². The molecule has 0 aliphatic carbocycles. The van der Waals surface area contributed by atoms with Crippen molar-refractivity contribution in [3.05, 3.63) is 189 Å². The highest BCUT2D eigenvalue weighted by molar-refractivity contribution is 6.24. The number of benzene rings is 6. The number of esters is 4. The quantitative estimate of drug-likeness (QED) is 0.0384. The number of aromatic amines is 1. The molecule has 22 heteroatoms. The predicted molar refractivity (Wildman–Crippen MR) is 359 cm³/mol. The standard InChI is InChI=1S/C35H38N4O6.C27H22N2O6.C10H20N2O2/c1-22-19-27-28(20-26(22)34(43)44-5)37-32(41)30(27)31(23-9-7-6-8-10-23)36-25-13-11-24(12-14-25)33(42)39-17-15-38(16-18-39)21-29(40)45-35(2,3)4;1-15-13-21-22(14-20(15)27(34)35-3)29(16(2)30)25(31)23(21)24(17-7-5-4-6-8-17)28-19-11-9-18(10-12-19)26(32)33;1-10(2,3)14-9(13)8-12-6-4-11-5-7-12/h6-14,19-20,37,41H,15-18,21H2,1-5H3;4-14,31H,1-3H3,(H,32,33);11H,4-8H2,1-3H3. The molecule has 0 saturated carbocycles. The minimum atomic E-state index is -1.05. The average molecular weight is 1280 g/mol. The fraction of sp³-hybridized carbons (Fsp3) is 0.319. The molecule has 22 nitrogen and oxygen atoms in total. The van der Waals surface area contributed by atoms with Crippen LogP contribution >= 0.6 is 0 Å². The molecule has 0 bridgehead atoms. The van der Waals surface area contributed by atoms with Crippen molar-refractivity contribution in [3.63, 3.8) is 0 Å². The van der Waals surface area contributed by atoms with E-state index in [1.165, 1.54) is 39.3 Å². The molecule has 8 aromatic rings. The summed E-state index contributed by atoms with van der Waals surface area (Å²) in [6, 6.07) is 38.4. The van der Waals surface area contributed by atoms with Crippen LogP contribution in [0.15, 0.2) is 143 Å². The van der Waals surface area contributed by atoms with Gasteiger partial charge in [-0.15, -0.1) is 0 Å². The Hall–Kier alpha value is -10.3. The normalized spacial score (nSPS) is 14.1. The zero-order valence-corrected chi connectivity index (χ0v) is 54.8. The first-order chi connectivity index (χ1) is 44.6. The molecule has 2 saturated heterocycles. The lowest BCUT2D eigenvalue weighted by Crippen LogP contribution is -2.50. The van der Waals surface area contributed by atoms with Crippen molar-refractivity contribution in [1.82, 2.24) is 29.6 Å². The van der Waals surface area contributed by atoms with Crippen LogP contribution in [0.1, 0.15) is 128 Å². The number of amides is 1. The van der Waals surface area contributed by atoms with Gasteiger partial charge in [-0.25, -0.2) is 24.4 Å². The smallest absolute Gasteiger partial charge is 0.338 e. The number of aromatic hydroxyl groups is 2. The van der Waals surface area contributed by atoms with Gasteiger partial charge in [-0.1, -0.05) is 60.7 Å². The molecule has 5 N–H and O–H groups in total. The molecular formula is C72H80N8O14. The number of ether oxygens (including phenoxy) is 4. The summed E-state index contributed by atoms with van der Waals surface area (Å²) in [6.45, 7) is 22.7. The van der Waals surface area contributed by atoms with E-state index in [9.17, 15) is 48.9 Å². The van der Waals surface area contributed by atoms with Crippen LogP contribution in [0.5, 0.6) is 11.8 Å². The number of carbonyl (C=O) groups is 7.